The van der Waals surface area contributed by atoms with Crippen LogP contribution >= 0.6 is 0 Å². The third kappa shape index (κ3) is 2.77. The number of carbonyl (C=O) groups excluding carboxylic acids is 1. The number of rotatable bonds is 4. The van der Waals surface area contributed by atoms with Crippen LogP contribution in [0.3, 0.4) is 0 Å². The summed E-state index contributed by atoms with van der Waals surface area (Å²) in [6, 6.07) is 7.50. The predicted molar refractivity (Wildman–Crippen MR) is 66.4 cm³/mol. The molecule has 0 aliphatic carbocycles. The van der Waals surface area contributed by atoms with E-state index in [1.165, 1.54) is 0 Å². The summed E-state index contributed by atoms with van der Waals surface area (Å²) in [5.41, 5.74) is 0.652. The Bertz CT molecular complexity index is 400. The molecule has 0 atom stereocenters. The van der Waals surface area contributed by atoms with Crippen molar-refractivity contribution < 1.29 is 9.53 Å². The Hall–Kier alpha value is -1.55. The fraction of sp³-hybridized carbons (Fsp3) is 0.462. The number of hydrogen-bond acceptors (Lipinski definition) is 3. The maximum atomic E-state index is 11.9. The molecule has 0 spiro atoms. The van der Waals surface area contributed by atoms with Crippen LogP contribution < -0.4 is 10.1 Å². The zero-order chi connectivity index (χ0) is 12.3. The van der Waals surface area contributed by atoms with Crippen molar-refractivity contribution in [3.63, 3.8) is 0 Å². The summed E-state index contributed by atoms with van der Waals surface area (Å²) in [6.07, 6.45) is 0. The molecule has 0 bridgehead atoms. The Morgan fingerprint density at radius 2 is 2.29 bits per heavy atom. The van der Waals surface area contributed by atoms with Gasteiger partial charge in [0.25, 0.3) is 5.91 Å². The second-order valence-corrected chi connectivity index (χ2v) is 4.25. The van der Waals surface area contributed by atoms with Crippen LogP contribution in [-0.4, -0.2) is 43.6 Å². The van der Waals surface area contributed by atoms with E-state index in [-0.39, 0.29) is 11.9 Å². The number of likely N-dealkylation sites (N-methyl/N-ethyl adjacent to an activating group) is 1. The van der Waals surface area contributed by atoms with Crippen molar-refractivity contribution in [2.45, 2.75) is 13.0 Å². The van der Waals surface area contributed by atoms with Gasteiger partial charge in [-0.3, -0.25) is 9.69 Å². The minimum Gasteiger partial charge on any atom is -0.497 e. The van der Waals surface area contributed by atoms with Gasteiger partial charge >= 0.3 is 0 Å². The van der Waals surface area contributed by atoms with Crippen molar-refractivity contribution in [3.05, 3.63) is 29.8 Å². The minimum absolute atomic E-state index is 0.0235. The smallest absolute Gasteiger partial charge is 0.251 e. The molecule has 1 aliphatic rings. The van der Waals surface area contributed by atoms with Crippen molar-refractivity contribution in [1.29, 1.82) is 0 Å². The third-order valence-electron chi connectivity index (χ3n) is 3.07. The van der Waals surface area contributed by atoms with Crippen molar-refractivity contribution in [2.75, 3.05) is 26.7 Å². The van der Waals surface area contributed by atoms with E-state index in [9.17, 15) is 4.79 Å². The van der Waals surface area contributed by atoms with E-state index in [0.29, 0.717) is 11.3 Å². The number of methoxy groups -OCH3 is 1. The van der Waals surface area contributed by atoms with E-state index >= 15 is 0 Å². The lowest BCUT2D eigenvalue weighted by Gasteiger charge is -2.38. The van der Waals surface area contributed by atoms with Crippen molar-refractivity contribution >= 4 is 5.91 Å². The molecule has 1 N–H and O–H groups in total. The summed E-state index contributed by atoms with van der Waals surface area (Å²) < 4.78 is 5.10. The number of nitrogens with one attached hydrogen (secondary N) is 1. The highest BCUT2D eigenvalue weighted by molar-refractivity contribution is 5.94. The highest BCUT2D eigenvalue weighted by atomic mass is 16.5. The maximum absolute atomic E-state index is 11.9. The first-order valence-corrected chi connectivity index (χ1v) is 5.90. The van der Waals surface area contributed by atoms with Gasteiger partial charge in [-0.25, -0.2) is 0 Å². The SMILES string of the molecule is CCN1CC(NC(=O)c2cccc(OC)c2)C1. The molecule has 1 aliphatic heterocycles. The van der Waals surface area contributed by atoms with Gasteiger partial charge in [0.15, 0.2) is 0 Å². The molecule has 4 nitrogen and oxygen atoms in total. The molecule has 0 saturated carbocycles. The summed E-state index contributed by atoms with van der Waals surface area (Å²) in [5.74, 6) is 0.686. The van der Waals surface area contributed by atoms with Gasteiger partial charge in [-0.2, -0.15) is 0 Å². The molecule has 4 heteroatoms. The van der Waals surface area contributed by atoms with Gasteiger partial charge in [0.2, 0.25) is 0 Å². The van der Waals surface area contributed by atoms with E-state index in [2.05, 4.69) is 17.1 Å². The first-order chi connectivity index (χ1) is 8.22. The Kier molecular flexibility index (Phi) is 3.64. The number of hydrogen-bond donors (Lipinski definition) is 1. The molecule has 1 saturated heterocycles. The summed E-state index contributed by atoms with van der Waals surface area (Å²) in [7, 11) is 1.60. The van der Waals surface area contributed by atoms with Crippen molar-refractivity contribution in [2.24, 2.45) is 0 Å². The Morgan fingerprint density at radius 3 is 2.94 bits per heavy atom. The van der Waals surface area contributed by atoms with Crippen molar-refractivity contribution in [1.82, 2.24) is 10.2 Å². The zero-order valence-electron chi connectivity index (χ0n) is 10.3. The molecular formula is C13H18N2O2. The summed E-state index contributed by atoms with van der Waals surface area (Å²) >= 11 is 0. The number of carbonyl (C=O) groups is 1. The Labute approximate surface area is 102 Å². The fourth-order valence-electron chi connectivity index (χ4n) is 1.95. The van der Waals surface area contributed by atoms with E-state index in [4.69, 9.17) is 4.74 Å². The van der Waals surface area contributed by atoms with E-state index < -0.39 is 0 Å². The molecule has 1 amide bonds. The Morgan fingerprint density at radius 1 is 1.53 bits per heavy atom. The first kappa shape index (κ1) is 11.9. The van der Waals surface area contributed by atoms with Gasteiger partial charge in [0.1, 0.15) is 5.75 Å². The number of nitrogens with zero attached hydrogens (tertiary/aromatic N) is 1. The van der Waals surface area contributed by atoms with Crippen LogP contribution in [0, 0.1) is 0 Å². The molecule has 1 aromatic carbocycles. The quantitative estimate of drug-likeness (QED) is 0.849. The molecule has 2 rings (SSSR count). The predicted octanol–water partition coefficient (Wildman–Crippen LogP) is 1.13. The maximum Gasteiger partial charge on any atom is 0.251 e. The second kappa shape index (κ2) is 5.19. The Balaban J connectivity index is 1.91. The van der Waals surface area contributed by atoms with Crippen LogP contribution in [0.25, 0.3) is 0 Å². The first-order valence-electron chi connectivity index (χ1n) is 5.90. The molecule has 0 radical (unpaired) electrons. The molecule has 0 unspecified atom stereocenters. The standard InChI is InChI=1S/C13H18N2O2/c1-3-15-8-11(9-15)14-13(16)10-5-4-6-12(7-10)17-2/h4-7,11H,3,8-9H2,1-2H3,(H,14,16). The highest BCUT2D eigenvalue weighted by Gasteiger charge is 2.26. The molecule has 92 valence electrons. The number of benzene rings is 1. The van der Waals surface area contributed by atoms with Gasteiger partial charge in [-0.15, -0.1) is 0 Å². The highest BCUT2D eigenvalue weighted by Crippen LogP contribution is 2.13. The average Bonchev–Trinajstić information content (AvgIpc) is 2.33. The lowest BCUT2D eigenvalue weighted by atomic mass is 10.1. The molecular weight excluding hydrogens is 216 g/mol. The van der Waals surface area contributed by atoms with Gasteiger partial charge < -0.3 is 10.1 Å². The molecule has 0 aromatic heterocycles. The largest absolute Gasteiger partial charge is 0.497 e. The summed E-state index contributed by atoms with van der Waals surface area (Å²) in [6.45, 7) is 5.07. The minimum atomic E-state index is -0.0235. The van der Waals surface area contributed by atoms with Crippen LogP contribution in [0.5, 0.6) is 5.75 Å². The summed E-state index contributed by atoms with van der Waals surface area (Å²) in [4.78, 5) is 14.2. The lowest BCUT2D eigenvalue weighted by Crippen LogP contribution is -2.58. The van der Waals surface area contributed by atoms with Crippen LogP contribution in [-0.2, 0) is 0 Å². The molecule has 1 heterocycles. The fourth-order valence-corrected chi connectivity index (χ4v) is 1.95. The van der Waals surface area contributed by atoms with E-state index in [0.717, 1.165) is 19.6 Å². The monoisotopic (exact) mass is 234 g/mol. The van der Waals surface area contributed by atoms with Crippen LogP contribution in [0.2, 0.25) is 0 Å². The number of ether oxygens (including phenoxy) is 1. The van der Waals surface area contributed by atoms with Crippen LogP contribution in [0.4, 0.5) is 0 Å². The van der Waals surface area contributed by atoms with Gasteiger partial charge in [-0.05, 0) is 24.7 Å². The van der Waals surface area contributed by atoms with E-state index in [1.807, 2.05) is 12.1 Å². The number of likely N-dealkylation sites (tertiary alicyclic amines) is 1. The summed E-state index contributed by atoms with van der Waals surface area (Å²) in [5, 5.41) is 3.01. The van der Waals surface area contributed by atoms with Crippen LogP contribution in [0.1, 0.15) is 17.3 Å². The van der Waals surface area contributed by atoms with Crippen LogP contribution in [0.15, 0.2) is 24.3 Å². The molecule has 1 aromatic rings. The van der Waals surface area contributed by atoms with E-state index in [1.54, 1.807) is 19.2 Å². The normalized spacial score (nSPS) is 16.4. The second-order valence-electron chi connectivity index (χ2n) is 4.25. The average molecular weight is 234 g/mol. The topological polar surface area (TPSA) is 41.6 Å². The lowest BCUT2D eigenvalue weighted by molar-refractivity contribution is 0.0824. The van der Waals surface area contributed by atoms with Crippen molar-refractivity contribution in [3.8, 4) is 5.75 Å². The zero-order valence-corrected chi connectivity index (χ0v) is 10.3. The molecule has 17 heavy (non-hydrogen) atoms. The van der Waals surface area contributed by atoms with Gasteiger partial charge in [0.05, 0.1) is 13.2 Å². The van der Waals surface area contributed by atoms with Gasteiger partial charge in [0, 0.05) is 18.7 Å². The van der Waals surface area contributed by atoms with Gasteiger partial charge in [-0.1, -0.05) is 13.0 Å². The third-order valence-corrected chi connectivity index (χ3v) is 3.07. The molecule has 1 fully saturated rings. The number of amides is 1.